The Labute approximate surface area is 111 Å². The second-order valence-corrected chi connectivity index (χ2v) is 5.35. The summed E-state index contributed by atoms with van der Waals surface area (Å²) in [6, 6.07) is 5.07. The zero-order valence-electron chi connectivity index (χ0n) is 11.9. The maximum atomic E-state index is 4.47. The summed E-state index contributed by atoms with van der Waals surface area (Å²) in [4.78, 5) is 6.97. The summed E-state index contributed by atoms with van der Waals surface area (Å²) in [5.41, 5.74) is 3.56. The van der Waals surface area contributed by atoms with E-state index in [0.717, 1.165) is 24.5 Å². The summed E-state index contributed by atoms with van der Waals surface area (Å²) in [6.45, 7) is 9.83. The molecule has 0 spiro atoms. The lowest BCUT2D eigenvalue weighted by Gasteiger charge is -2.28. The first-order valence-electron chi connectivity index (χ1n) is 7.12. The number of rotatable bonds is 5. The highest BCUT2D eigenvalue weighted by molar-refractivity contribution is 5.48. The maximum Gasteiger partial charge on any atom is 0.0403 e. The van der Waals surface area contributed by atoms with E-state index in [1.807, 2.05) is 0 Å². The molecule has 1 unspecified atom stereocenters. The fourth-order valence-electron chi connectivity index (χ4n) is 2.77. The van der Waals surface area contributed by atoms with Crippen LogP contribution in [-0.4, -0.2) is 30.7 Å². The molecule has 1 N–H and O–H groups in total. The van der Waals surface area contributed by atoms with Gasteiger partial charge in [0.25, 0.3) is 0 Å². The molecule has 0 saturated carbocycles. The Balaban J connectivity index is 2.11. The average Bonchev–Trinajstić information content (AvgIpc) is 2.80. The van der Waals surface area contributed by atoms with Crippen LogP contribution in [0.5, 0.6) is 0 Å². The second-order valence-electron chi connectivity index (χ2n) is 5.35. The quantitative estimate of drug-likeness (QED) is 0.867. The van der Waals surface area contributed by atoms with Crippen LogP contribution in [0.15, 0.2) is 12.1 Å². The van der Waals surface area contributed by atoms with Gasteiger partial charge in [0.1, 0.15) is 0 Å². The molecular weight excluding hydrogens is 222 g/mol. The van der Waals surface area contributed by atoms with Crippen LogP contribution in [0.3, 0.4) is 0 Å². The lowest BCUT2D eigenvalue weighted by molar-refractivity contribution is 0.578. The number of hydrogen-bond acceptors (Lipinski definition) is 3. The zero-order valence-corrected chi connectivity index (χ0v) is 11.9. The van der Waals surface area contributed by atoms with Crippen LogP contribution in [0.1, 0.15) is 37.6 Å². The van der Waals surface area contributed by atoms with E-state index in [2.05, 4.69) is 48.1 Å². The summed E-state index contributed by atoms with van der Waals surface area (Å²) < 4.78 is 0. The molecule has 0 radical (unpaired) electrons. The van der Waals surface area contributed by atoms with Gasteiger partial charge in [0.15, 0.2) is 0 Å². The number of nitrogens with one attached hydrogen (secondary N) is 1. The molecule has 2 heterocycles. The van der Waals surface area contributed by atoms with Crippen molar-refractivity contribution in [2.45, 2.75) is 46.1 Å². The predicted molar refractivity (Wildman–Crippen MR) is 77.2 cm³/mol. The predicted octanol–water partition coefficient (Wildman–Crippen LogP) is 2.67. The Hall–Kier alpha value is -1.09. The molecule has 3 nitrogen and oxygen atoms in total. The second kappa shape index (κ2) is 6.19. The summed E-state index contributed by atoms with van der Waals surface area (Å²) >= 11 is 0. The van der Waals surface area contributed by atoms with Crippen molar-refractivity contribution in [1.29, 1.82) is 0 Å². The van der Waals surface area contributed by atoms with E-state index in [0.29, 0.717) is 6.04 Å². The van der Waals surface area contributed by atoms with Crippen LogP contribution >= 0.6 is 0 Å². The van der Waals surface area contributed by atoms with Crippen molar-refractivity contribution in [2.75, 3.05) is 24.5 Å². The van der Waals surface area contributed by atoms with Gasteiger partial charge in [0, 0.05) is 36.2 Å². The zero-order chi connectivity index (χ0) is 13.0. The van der Waals surface area contributed by atoms with Gasteiger partial charge in [0.2, 0.25) is 0 Å². The molecule has 1 aromatic heterocycles. The van der Waals surface area contributed by atoms with Crippen molar-refractivity contribution in [3.8, 4) is 0 Å². The number of aromatic nitrogens is 1. The molecule has 1 fully saturated rings. The number of pyridine rings is 1. The van der Waals surface area contributed by atoms with Crippen molar-refractivity contribution in [3.63, 3.8) is 0 Å². The Bertz CT molecular complexity index is 363. The van der Waals surface area contributed by atoms with Gasteiger partial charge in [-0.3, -0.25) is 4.98 Å². The molecule has 3 heteroatoms. The van der Waals surface area contributed by atoms with Gasteiger partial charge in [-0.25, -0.2) is 0 Å². The van der Waals surface area contributed by atoms with Crippen molar-refractivity contribution >= 4 is 5.69 Å². The lowest BCUT2D eigenvalue weighted by atomic mass is 10.2. The van der Waals surface area contributed by atoms with E-state index in [1.54, 1.807) is 0 Å². The fraction of sp³-hybridized carbons (Fsp3) is 0.667. The molecule has 1 saturated heterocycles. The number of nitrogens with zero attached hydrogens (tertiary/aromatic N) is 2. The minimum absolute atomic E-state index is 0.658. The smallest absolute Gasteiger partial charge is 0.0403 e. The van der Waals surface area contributed by atoms with E-state index in [-0.39, 0.29) is 0 Å². The Morgan fingerprint density at radius 2 is 2.06 bits per heavy atom. The molecule has 18 heavy (non-hydrogen) atoms. The van der Waals surface area contributed by atoms with Gasteiger partial charge >= 0.3 is 0 Å². The molecule has 1 atom stereocenters. The molecule has 0 amide bonds. The Morgan fingerprint density at radius 3 is 2.61 bits per heavy atom. The standard InChI is InChI=1S/C15H25N3/c1-4-8-18(11-14-6-5-7-16-14)15-9-12(2)17-13(3)10-15/h9-10,14,16H,4-8,11H2,1-3H3. The summed E-state index contributed by atoms with van der Waals surface area (Å²) in [6.07, 6.45) is 3.81. The summed E-state index contributed by atoms with van der Waals surface area (Å²) in [5.74, 6) is 0. The highest BCUT2D eigenvalue weighted by Crippen LogP contribution is 2.19. The van der Waals surface area contributed by atoms with Crippen LogP contribution in [0, 0.1) is 13.8 Å². The number of hydrogen-bond donors (Lipinski definition) is 1. The third kappa shape index (κ3) is 3.45. The maximum absolute atomic E-state index is 4.47. The number of anilines is 1. The molecule has 1 aliphatic rings. The highest BCUT2D eigenvalue weighted by atomic mass is 15.2. The van der Waals surface area contributed by atoms with Crippen LogP contribution in [0.2, 0.25) is 0 Å². The van der Waals surface area contributed by atoms with Gasteiger partial charge < -0.3 is 10.2 Å². The topological polar surface area (TPSA) is 28.2 Å². The molecule has 1 aromatic rings. The van der Waals surface area contributed by atoms with Crippen molar-refractivity contribution in [2.24, 2.45) is 0 Å². The van der Waals surface area contributed by atoms with E-state index in [9.17, 15) is 0 Å². The SMILES string of the molecule is CCCN(CC1CCCN1)c1cc(C)nc(C)c1. The third-order valence-corrected chi connectivity index (χ3v) is 3.53. The van der Waals surface area contributed by atoms with Gasteiger partial charge in [0.05, 0.1) is 0 Å². The van der Waals surface area contributed by atoms with Crippen LogP contribution in [0.25, 0.3) is 0 Å². The van der Waals surface area contributed by atoms with E-state index >= 15 is 0 Å². The normalized spacial score (nSPS) is 19.2. The number of aryl methyl sites for hydroxylation is 2. The first-order valence-corrected chi connectivity index (χ1v) is 7.12. The van der Waals surface area contributed by atoms with E-state index < -0.39 is 0 Å². The Kier molecular flexibility index (Phi) is 4.59. The molecule has 100 valence electrons. The molecule has 0 aliphatic carbocycles. The van der Waals surface area contributed by atoms with Crippen molar-refractivity contribution in [1.82, 2.24) is 10.3 Å². The van der Waals surface area contributed by atoms with Gasteiger partial charge in [-0.15, -0.1) is 0 Å². The lowest BCUT2D eigenvalue weighted by Crippen LogP contribution is -2.38. The van der Waals surface area contributed by atoms with Gasteiger partial charge in [-0.2, -0.15) is 0 Å². The minimum Gasteiger partial charge on any atom is -0.370 e. The first-order chi connectivity index (χ1) is 8.69. The van der Waals surface area contributed by atoms with Crippen molar-refractivity contribution < 1.29 is 0 Å². The third-order valence-electron chi connectivity index (χ3n) is 3.53. The summed E-state index contributed by atoms with van der Waals surface area (Å²) in [5, 5.41) is 3.59. The minimum atomic E-state index is 0.658. The average molecular weight is 247 g/mol. The van der Waals surface area contributed by atoms with Crippen LogP contribution in [-0.2, 0) is 0 Å². The molecule has 1 aliphatic heterocycles. The highest BCUT2D eigenvalue weighted by Gasteiger charge is 2.18. The molecular formula is C15H25N3. The van der Waals surface area contributed by atoms with Crippen molar-refractivity contribution in [3.05, 3.63) is 23.5 Å². The Morgan fingerprint density at radius 1 is 1.33 bits per heavy atom. The monoisotopic (exact) mass is 247 g/mol. The van der Waals surface area contributed by atoms with E-state index in [1.165, 1.54) is 31.5 Å². The molecule has 0 aromatic carbocycles. The van der Waals surface area contributed by atoms with E-state index in [4.69, 9.17) is 0 Å². The van der Waals surface area contributed by atoms with Crippen LogP contribution in [0.4, 0.5) is 5.69 Å². The molecule has 0 bridgehead atoms. The fourth-order valence-corrected chi connectivity index (χ4v) is 2.77. The van der Waals surface area contributed by atoms with Gasteiger partial charge in [-0.1, -0.05) is 6.92 Å². The van der Waals surface area contributed by atoms with Gasteiger partial charge in [-0.05, 0) is 51.8 Å². The summed E-state index contributed by atoms with van der Waals surface area (Å²) in [7, 11) is 0. The first kappa shape index (κ1) is 13.3. The largest absolute Gasteiger partial charge is 0.370 e. The molecule has 2 rings (SSSR count). The van der Waals surface area contributed by atoms with Crippen LogP contribution < -0.4 is 10.2 Å².